The Morgan fingerprint density at radius 3 is 2.06 bits per heavy atom. The average Bonchev–Trinajstić information content (AvgIpc) is 2.91. The molecule has 0 unspecified atom stereocenters. The summed E-state index contributed by atoms with van der Waals surface area (Å²) in [4.78, 5) is 0. The first-order valence-corrected chi connectivity index (χ1v) is 7.75. The first kappa shape index (κ1) is 19.5. The molecule has 108 valence electrons. The molecular formula is C15H33N3. The molecule has 1 rings (SSSR count). The minimum atomic E-state index is 0.919. The van der Waals surface area contributed by atoms with Crippen molar-refractivity contribution in [1.29, 1.82) is 0 Å². The molecule has 0 aliphatic rings. The Morgan fingerprint density at radius 1 is 0.944 bits per heavy atom. The van der Waals surface area contributed by atoms with Gasteiger partial charge in [0.1, 0.15) is 0 Å². The first-order valence-electron chi connectivity index (χ1n) is 7.75. The van der Waals surface area contributed by atoms with Crippen molar-refractivity contribution in [3.05, 3.63) is 11.9 Å². The molecule has 18 heavy (non-hydrogen) atoms. The summed E-state index contributed by atoms with van der Waals surface area (Å²) in [7, 11) is 0. The summed E-state index contributed by atoms with van der Waals surface area (Å²) in [6, 6.07) is 0. The fourth-order valence-electron chi connectivity index (χ4n) is 1.52. The lowest BCUT2D eigenvalue weighted by Gasteiger charge is -1.96. The highest BCUT2D eigenvalue weighted by Gasteiger charge is 1.98. The van der Waals surface area contributed by atoms with E-state index in [1.54, 1.807) is 0 Å². The quantitative estimate of drug-likeness (QED) is 0.651. The van der Waals surface area contributed by atoms with Crippen LogP contribution in [-0.2, 0) is 13.0 Å². The molecule has 0 spiro atoms. The van der Waals surface area contributed by atoms with Crippen LogP contribution in [0.1, 0.15) is 79.3 Å². The summed E-state index contributed by atoms with van der Waals surface area (Å²) in [6.07, 6.45) is 9.75. The lowest BCUT2D eigenvalue weighted by Crippen LogP contribution is -1.93. The maximum atomic E-state index is 4.12. The monoisotopic (exact) mass is 255 g/mol. The van der Waals surface area contributed by atoms with Crippen LogP contribution in [0.2, 0.25) is 0 Å². The van der Waals surface area contributed by atoms with Crippen LogP contribution in [-0.4, -0.2) is 15.0 Å². The highest BCUT2D eigenvalue weighted by molar-refractivity contribution is 4.91. The maximum Gasteiger partial charge on any atom is 0.0827 e. The van der Waals surface area contributed by atoms with Crippen molar-refractivity contribution in [3.63, 3.8) is 0 Å². The van der Waals surface area contributed by atoms with E-state index in [2.05, 4.69) is 30.4 Å². The Balaban J connectivity index is 0. The fourth-order valence-corrected chi connectivity index (χ4v) is 1.52. The molecule has 0 saturated heterocycles. The summed E-state index contributed by atoms with van der Waals surface area (Å²) in [5, 5.41) is 8.13. The van der Waals surface area contributed by atoms with Gasteiger partial charge in [0.15, 0.2) is 0 Å². The fraction of sp³-hybridized carbons (Fsp3) is 0.867. The third-order valence-electron chi connectivity index (χ3n) is 2.45. The second-order valence-electron chi connectivity index (χ2n) is 3.73. The molecule has 3 nitrogen and oxygen atoms in total. The van der Waals surface area contributed by atoms with Crippen molar-refractivity contribution >= 4 is 0 Å². The normalized spacial score (nSPS) is 9.00. The van der Waals surface area contributed by atoms with E-state index in [0.29, 0.717) is 0 Å². The van der Waals surface area contributed by atoms with Crippen LogP contribution < -0.4 is 0 Å². The molecule has 0 aliphatic carbocycles. The number of unbranched alkanes of at least 4 members (excludes halogenated alkanes) is 4. The van der Waals surface area contributed by atoms with Gasteiger partial charge in [-0.2, -0.15) is 0 Å². The molecule has 1 aromatic heterocycles. The van der Waals surface area contributed by atoms with Gasteiger partial charge in [-0.3, -0.25) is 4.68 Å². The third kappa shape index (κ3) is 10.3. The second kappa shape index (κ2) is 16.1. The molecule has 3 heteroatoms. The summed E-state index contributed by atoms with van der Waals surface area (Å²) in [5.41, 5.74) is 1.14. The van der Waals surface area contributed by atoms with Crippen LogP contribution in [0.5, 0.6) is 0 Å². The SMILES string of the molecule is CC.CC.CCCCCCCc1cn(CC)nn1. The van der Waals surface area contributed by atoms with E-state index in [9.17, 15) is 0 Å². The number of aryl methyl sites for hydroxylation is 2. The average molecular weight is 255 g/mol. The molecule has 0 radical (unpaired) electrons. The topological polar surface area (TPSA) is 30.7 Å². The van der Waals surface area contributed by atoms with E-state index in [1.165, 1.54) is 32.1 Å². The van der Waals surface area contributed by atoms with Gasteiger partial charge in [0.2, 0.25) is 0 Å². The molecule has 0 fully saturated rings. The molecule has 0 aliphatic heterocycles. The number of nitrogens with zero attached hydrogens (tertiary/aromatic N) is 3. The van der Waals surface area contributed by atoms with Crippen molar-refractivity contribution < 1.29 is 0 Å². The van der Waals surface area contributed by atoms with Gasteiger partial charge in [0.25, 0.3) is 0 Å². The molecular weight excluding hydrogens is 222 g/mol. The Hall–Kier alpha value is -0.860. The summed E-state index contributed by atoms with van der Waals surface area (Å²) in [6.45, 7) is 13.2. The number of hydrogen-bond donors (Lipinski definition) is 0. The molecule has 0 aromatic carbocycles. The molecule has 1 heterocycles. The number of hydrogen-bond acceptors (Lipinski definition) is 2. The minimum absolute atomic E-state index is 0.919. The van der Waals surface area contributed by atoms with Crippen LogP contribution in [0.25, 0.3) is 0 Å². The van der Waals surface area contributed by atoms with Gasteiger partial charge in [0.05, 0.1) is 5.69 Å². The summed E-state index contributed by atoms with van der Waals surface area (Å²) >= 11 is 0. The van der Waals surface area contributed by atoms with Gasteiger partial charge in [-0.15, -0.1) is 5.10 Å². The first-order chi connectivity index (χ1) is 8.86. The molecule has 0 atom stereocenters. The van der Waals surface area contributed by atoms with E-state index < -0.39 is 0 Å². The highest BCUT2D eigenvalue weighted by Crippen LogP contribution is 2.06. The van der Waals surface area contributed by atoms with Crippen LogP contribution >= 0.6 is 0 Å². The zero-order valence-corrected chi connectivity index (χ0v) is 13.4. The third-order valence-corrected chi connectivity index (χ3v) is 2.45. The van der Waals surface area contributed by atoms with Gasteiger partial charge >= 0.3 is 0 Å². The molecule has 0 amide bonds. The van der Waals surface area contributed by atoms with Gasteiger partial charge in [-0.25, -0.2) is 0 Å². The van der Waals surface area contributed by atoms with E-state index in [4.69, 9.17) is 0 Å². The predicted octanol–water partition coefficient (Wildman–Crippen LogP) is 4.86. The van der Waals surface area contributed by atoms with Crippen molar-refractivity contribution in [2.45, 2.75) is 86.6 Å². The van der Waals surface area contributed by atoms with E-state index in [0.717, 1.165) is 18.7 Å². The van der Waals surface area contributed by atoms with Crippen LogP contribution in [0.3, 0.4) is 0 Å². The van der Waals surface area contributed by atoms with Crippen LogP contribution in [0.4, 0.5) is 0 Å². The van der Waals surface area contributed by atoms with Crippen molar-refractivity contribution in [3.8, 4) is 0 Å². The zero-order chi connectivity index (χ0) is 14.2. The van der Waals surface area contributed by atoms with Gasteiger partial charge in [0, 0.05) is 12.7 Å². The van der Waals surface area contributed by atoms with Crippen molar-refractivity contribution in [1.82, 2.24) is 15.0 Å². The molecule has 0 N–H and O–H groups in total. The van der Waals surface area contributed by atoms with E-state index in [1.807, 2.05) is 32.4 Å². The molecule has 0 bridgehead atoms. The highest BCUT2D eigenvalue weighted by atomic mass is 15.4. The summed E-state index contributed by atoms with van der Waals surface area (Å²) < 4.78 is 1.89. The lowest BCUT2D eigenvalue weighted by molar-refractivity contribution is 0.622. The Bertz CT molecular complexity index is 244. The lowest BCUT2D eigenvalue weighted by atomic mass is 10.1. The van der Waals surface area contributed by atoms with Gasteiger partial charge in [-0.05, 0) is 19.8 Å². The number of aromatic nitrogens is 3. The van der Waals surface area contributed by atoms with Crippen LogP contribution in [0, 0.1) is 0 Å². The molecule has 0 saturated carbocycles. The van der Waals surface area contributed by atoms with Gasteiger partial charge in [-0.1, -0.05) is 65.5 Å². The Labute approximate surface area is 114 Å². The zero-order valence-electron chi connectivity index (χ0n) is 13.4. The minimum Gasteiger partial charge on any atom is -0.253 e. The maximum absolute atomic E-state index is 4.12. The Morgan fingerprint density at radius 2 is 1.56 bits per heavy atom. The van der Waals surface area contributed by atoms with E-state index >= 15 is 0 Å². The van der Waals surface area contributed by atoms with E-state index in [-0.39, 0.29) is 0 Å². The Kier molecular flexibility index (Phi) is 17.5. The van der Waals surface area contributed by atoms with Gasteiger partial charge < -0.3 is 0 Å². The summed E-state index contributed by atoms with van der Waals surface area (Å²) in [5.74, 6) is 0. The van der Waals surface area contributed by atoms with Crippen LogP contribution in [0.15, 0.2) is 6.20 Å². The molecule has 1 aromatic rings. The van der Waals surface area contributed by atoms with Crippen molar-refractivity contribution in [2.24, 2.45) is 0 Å². The van der Waals surface area contributed by atoms with Crippen molar-refractivity contribution in [2.75, 3.05) is 0 Å². The smallest absolute Gasteiger partial charge is 0.0827 e. The standard InChI is InChI=1S/C11H21N3.2C2H6/c1-3-5-6-7-8-9-11-10-14(4-2)13-12-11;2*1-2/h10H,3-9H2,1-2H3;2*1-2H3. The number of rotatable bonds is 7. The predicted molar refractivity (Wildman–Crippen MR) is 80.9 cm³/mol. The largest absolute Gasteiger partial charge is 0.253 e. The second-order valence-corrected chi connectivity index (χ2v) is 3.73.